The molecule has 0 aromatic rings. The third kappa shape index (κ3) is 1.14. The first-order valence-corrected chi connectivity index (χ1v) is 7.09. The molecule has 88 valence electrons. The first-order valence-electron chi connectivity index (χ1n) is 4.94. The predicted octanol–water partition coefficient (Wildman–Crippen LogP) is 1.30. The van der Waals surface area contributed by atoms with Gasteiger partial charge in [0, 0.05) is 20.5 Å². The lowest BCUT2D eigenvalue weighted by Crippen LogP contribution is -2.74. The van der Waals surface area contributed by atoms with E-state index in [1.54, 1.807) is 36.9 Å². The molecule has 3 fully saturated rings. The summed E-state index contributed by atoms with van der Waals surface area (Å²) in [5.41, 5.74) is 0. The molecule has 4 nitrogen and oxygen atoms in total. The minimum atomic E-state index is -0.796. The van der Waals surface area contributed by atoms with Crippen molar-refractivity contribution in [3.05, 3.63) is 12.7 Å². The molecule has 2 atom stereocenters. The van der Waals surface area contributed by atoms with Crippen LogP contribution >= 0.6 is 21.6 Å². The number of carbonyl (C=O) groups is 2. The van der Waals surface area contributed by atoms with Gasteiger partial charge in [0.1, 0.15) is 0 Å². The maximum atomic E-state index is 12.3. The van der Waals surface area contributed by atoms with Crippen molar-refractivity contribution in [2.45, 2.75) is 23.1 Å². The van der Waals surface area contributed by atoms with Crippen molar-refractivity contribution in [2.24, 2.45) is 0 Å². The molecule has 2 amide bonds. The van der Waals surface area contributed by atoms with Crippen LogP contribution in [0.25, 0.3) is 0 Å². The molecule has 2 bridgehead atoms. The van der Waals surface area contributed by atoms with Crippen molar-refractivity contribution in [3.63, 3.8) is 0 Å². The molecule has 0 aromatic heterocycles. The van der Waals surface area contributed by atoms with E-state index in [0.717, 1.165) is 0 Å². The first-order chi connectivity index (χ1) is 7.40. The number of hydrogen-bond acceptors (Lipinski definition) is 4. The number of nitrogens with zero attached hydrogens (tertiary/aromatic N) is 2. The molecule has 16 heavy (non-hydrogen) atoms. The number of rotatable bonds is 2. The number of carbonyl (C=O) groups excluding carboxylic acids is 2. The number of hydrogen-bond donors (Lipinski definition) is 0. The molecule has 0 N–H and O–H groups in total. The van der Waals surface area contributed by atoms with E-state index < -0.39 is 9.74 Å². The van der Waals surface area contributed by atoms with Gasteiger partial charge in [-0.15, -0.1) is 6.58 Å². The van der Waals surface area contributed by atoms with Gasteiger partial charge in [0.15, 0.2) is 9.74 Å². The summed E-state index contributed by atoms with van der Waals surface area (Å²) >= 11 is 0. The predicted molar refractivity (Wildman–Crippen MR) is 66.7 cm³/mol. The number of fused-ring (bicyclic) bond motifs is 3. The second-order valence-corrected chi connectivity index (χ2v) is 6.96. The Morgan fingerprint density at radius 2 is 1.88 bits per heavy atom. The number of amides is 2. The Labute approximate surface area is 103 Å². The molecule has 2 unspecified atom stereocenters. The average molecular weight is 258 g/mol. The SMILES string of the molecule is C=CCC12SSC(C)(C(=O)N1C)N(C)C2=O. The Hall–Kier alpha value is -0.620. The van der Waals surface area contributed by atoms with Crippen LogP contribution in [0.4, 0.5) is 0 Å². The van der Waals surface area contributed by atoms with Gasteiger partial charge in [-0.2, -0.15) is 0 Å². The summed E-state index contributed by atoms with van der Waals surface area (Å²) in [6.07, 6.45) is 2.17. The van der Waals surface area contributed by atoms with Crippen LogP contribution in [0, 0.1) is 0 Å². The van der Waals surface area contributed by atoms with E-state index in [4.69, 9.17) is 0 Å². The second-order valence-electron chi connectivity index (χ2n) is 4.16. The zero-order valence-electron chi connectivity index (χ0n) is 9.52. The van der Waals surface area contributed by atoms with Crippen LogP contribution < -0.4 is 0 Å². The molecule has 6 heteroatoms. The first kappa shape index (κ1) is 11.9. The highest BCUT2D eigenvalue weighted by atomic mass is 33.1. The third-order valence-electron chi connectivity index (χ3n) is 3.28. The van der Waals surface area contributed by atoms with Crippen molar-refractivity contribution in [2.75, 3.05) is 14.1 Å². The Morgan fingerprint density at radius 1 is 1.25 bits per heavy atom. The molecular weight excluding hydrogens is 244 g/mol. The fraction of sp³-hybridized carbons (Fsp3) is 0.600. The van der Waals surface area contributed by atoms with Crippen molar-refractivity contribution in [1.82, 2.24) is 9.80 Å². The van der Waals surface area contributed by atoms with Gasteiger partial charge in [-0.3, -0.25) is 9.59 Å². The van der Waals surface area contributed by atoms with E-state index in [-0.39, 0.29) is 11.8 Å². The molecular formula is C10H14N2O2S2. The molecule has 0 saturated carbocycles. The van der Waals surface area contributed by atoms with E-state index in [2.05, 4.69) is 6.58 Å². The summed E-state index contributed by atoms with van der Waals surface area (Å²) < 4.78 is 0. The van der Waals surface area contributed by atoms with Crippen LogP contribution in [0.3, 0.4) is 0 Å². The Balaban J connectivity index is 2.52. The van der Waals surface area contributed by atoms with Gasteiger partial charge in [-0.25, -0.2) is 0 Å². The Bertz CT molecular complexity index is 387. The van der Waals surface area contributed by atoms with Gasteiger partial charge < -0.3 is 9.80 Å². The fourth-order valence-electron chi connectivity index (χ4n) is 2.01. The molecule has 3 rings (SSSR count). The van der Waals surface area contributed by atoms with Crippen molar-refractivity contribution >= 4 is 33.4 Å². The molecule has 0 radical (unpaired) electrons. The van der Waals surface area contributed by atoms with Crippen LogP contribution in [0.5, 0.6) is 0 Å². The third-order valence-corrected chi connectivity index (χ3v) is 7.08. The summed E-state index contributed by atoms with van der Waals surface area (Å²) in [6.45, 7) is 5.46. The molecule has 3 aliphatic heterocycles. The standard InChI is InChI=1S/C10H14N2O2S2/c1-5-6-10-8(14)11(3)9(2,15-16-10)7(13)12(10)4/h5H,1,6H2,2-4H3. The molecule has 3 saturated heterocycles. The fourth-order valence-corrected chi connectivity index (χ4v) is 5.50. The van der Waals surface area contributed by atoms with Crippen LogP contribution in [0.2, 0.25) is 0 Å². The van der Waals surface area contributed by atoms with Gasteiger partial charge in [0.05, 0.1) is 0 Å². The summed E-state index contributed by atoms with van der Waals surface area (Å²) in [5, 5.41) is 0. The Morgan fingerprint density at radius 3 is 2.44 bits per heavy atom. The molecule has 3 aliphatic rings. The highest BCUT2D eigenvalue weighted by Crippen LogP contribution is 2.59. The minimum absolute atomic E-state index is 0.0132. The summed E-state index contributed by atoms with van der Waals surface area (Å²) in [6, 6.07) is 0. The van der Waals surface area contributed by atoms with Gasteiger partial charge in [0.25, 0.3) is 11.8 Å². The summed E-state index contributed by atoms with van der Waals surface area (Å²) in [5.74, 6) is -0.0269. The van der Waals surface area contributed by atoms with E-state index in [9.17, 15) is 9.59 Å². The number of likely N-dealkylation sites (N-methyl/N-ethyl adjacent to an activating group) is 2. The van der Waals surface area contributed by atoms with Crippen molar-refractivity contribution < 1.29 is 9.59 Å². The van der Waals surface area contributed by atoms with Gasteiger partial charge in [-0.1, -0.05) is 27.7 Å². The van der Waals surface area contributed by atoms with Crippen LogP contribution in [-0.2, 0) is 9.59 Å². The largest absolute Gasteiger partial charge is 0.319 e. The normalized spacial score (nSPS) is 38.2. The minimum Gasteiger partial charge on any atom is -0.319 e. The zero-order valence-corrected chi connectivity index (χ0v) is 11.2. The van der Waals surface area contributed by atoms with E-state index in [0.29, 0.717) is 6.42 Å². The van der Waals surface area contributed by atoms with Crippen LogP contribution in [0.15, 0.2) is 12.7 Å². The molecule has 0 aromatic carbocycles. The lowest BCUT2D eigenvalue weighted by atomic mass is 10.0. The van der Waals surface area contributed by atoms with Gasteiger partial charge in [-0.05, 0) is 6.92 Å². The maximum Gasteiger partial charge on any atom is 0.261 e. The van der Waals surface area contributed by atoms with Gasteiger partial charge >= 0.3 is 0 Å². The average Bonchev–Trinajstić information content (AvgIpc) is 2.27. The molecule has 3 heterocycles. The van der Waals surface area contributed by atoms with E-state index >= 15 is 0 Å². The molecule has 0 spiro atoms. The number of piperazine rings is 1. The van der Waals surface area contributed by atoms with Crippen molar-refractivity contribution in [3.8, 4) is 0 Å². The second kappa shape index (κ2) is 3.43. The van der Waals surface area contributed by atoms with E-state index in [1.165, 1.54) is 21.6 Å². The lowest BCUT2D eigenvalue weighted by molar-refractivity contribution is -0.162. The summed E-state index contributed by atoms with van der Waals surface area (Å²) in [4.78, 5) is 26.1. The highest BCUT2D eigenvalue weighted by molar-refractivity contribution is 8.78. The van der Waals surface area contributed by atoms with Crippen molar-refractivity contribution in [1.29, 1.82) is 0 Å². The monoisotopic (exact) mass is 258 g/mol. The smallest absolute Gasteiger partial charge is 0.261 e. The van der Waals surface area contributed by atoms with Crippen LogP contribution in [-0.4, -0.2) is 45.5 Å². The summed E-state index contributed by atoms with van der Waals surface area (Å²) in [7, 11) is 6.32. The zero-order chi connectivity index (χ0) is 12.1. The molecule has 0 aliphatic carbocycles. The van der Waals surface area contributed by atoms with E-state index in [1.807, 2.05) is 0 Å². The van der Waals surface area contributed by atoms with Crippen LogP contribution in [0.1, 0.15) is 13.3 Å². The lowest BCUT2D eigenvalue weighted by Gasteiger charge is -2.57. The Kier molecular flexibility index (Phi) is 2.54. The highest BCUT2D eigenvalue weighted by Gasteiger charge is 2.64. The van der Waals surface area contributed by atoms with Gasteiger partial charge in [0.2, 0.25) is 0 Å². The maximum absolute atomic E-state index is 12.3. The quantitative estimate of drug-likeness (QED) is 0.553. The topological polar surface area (TPSA) is 40.6 Å².